The maximum atomic E-state index is 5.28. The van der Waals surface area contributed by atoms with Gasteiger partial charge in [-0.3, -0.25) is 4.90 Å². The average Bonchev–Trinajstić information content (AvgIpc) is 2.82. The predicted molar refractivity (Wildman–Crippen MR) is 79.5 cm³/mol. The summed E-state index contributed by atoms with van der Waals surface area (Å²) in [6.45, 7) is 16.6. The summed E-state index contributed by atoms with van der Waals surface area (Å²) in [5, 5.41) is 3.88. The first-order valence-corrected chi connectivity index (χ1v) is 7.62. The van der Waals surface area contributed by atoms with Crippen molar-refractivity contribution in [3.05, 3.63) is 11.7 Å². The second kappa shape index (κ2) is 6.22. The molecule has 1 fully saturated rings. The van der Waals surface area contributed by atoms with Gasteiger partial charge in [-0.2, -0.15) is 4.98 Å². The van der Waals surface area contributed by atoms with Gasteiger partial charge in [0.15, 0.2) is 5.82 Å². The molecule has 5 nitrogen and oxygen atoms in total. The highest BCUT2D eigenvalue weighted by Gasteiger charge is 2.25. The fourth-order valence-corrected chi connectivity index (χ4v) is 2.51. The van der Waals surface area contributed by atoms with Crippen LogP contribution < -0.4 is 0 Å². The normalized spacial score (nSPS) is 20.2. The summed E-state index contributed by atoms with van der Waals surface area (Å²) in [6.07, 6.45) is 1.26. The first-order valence-electron chi connectivity index (χ1n) is 7.62. The van der Waals surface area contributed by atoms with Crippen molar-refractivity contribution in [1.82, 2.24) is 19.9 Å². The van der Waals surface area contributed by atoms with Crippen molar-refractivity contribution in [3.63, 3.8) is 0 Å². The summed E-state index contributed by atoms with van der Waals surface area (Å²) in [7, 11) is 0. The Balaban J connectivity index is 1.79. The summed E-state index contributed by atoms with van der Waals surface area (Å²) in [6, 6.07) is 0.223. The Morgan fingerprint density at radius 3 is 2.35 bits per heavy atom. The molecule has 0 unspecified atom stereocenters. The van der Waals surface area contributed by atoms with Crippen molar-refractivity contribution in [2.75, 3.05) is 32.7 Å². The Morgan fingerprint density at radius 2 is 1.85 bits per heavy atom. The Kier molecular flexibility index (Phi) is 4.81. The number of nitrogens with zero attached hydrogens (tertiary/aromatic N) is 4. The highest BCUT2D eigenvalue weighted by Crippen LogP contribution is 2.22. The Morgan fingerprint density at radius 1 is 1.20 bits per heavy atom. The van der Waals surface area contributed by atoms with Crippen molar-refractivity contribution in [3.8, 4) is 0 Å². The highest BCUT2D eigenvalue weighted by atomic mass is 16.5. The van der Waals surface area contributed by atoms with Gasteiger partial charge >= 0.3 is 0 Å². The lowest BCUT2D eigenvalue weighted by atomic mass is 9.92. The average molecular weight is 280 g/mol. The van der Waals surface area contributed by atoms with E-state index in [1.54, 1.807) is 0 Å². The van der Waals surface area contributed by atoms with Gasteiger partial charge in [-0.1, -0.05) is 25.9 Å². The molecular formula is C15H28N4O. The van der Waals surface area contributed by atoms with Crippen molar-refractivity contribution >= 4 is 0 Å². The monoisotopic (exact) mass is 280 g/mol. The molecule has 0 aromatic carbocycles. The third kappa shape index (κ3) is 4.28. The molecule has 2 heterocycles. The number of hydrogen-bond acceptors (Lipinski definition) is 5. The van der Waals surface area contributed by atoms with Gasteiger partial charge in [-0.25, -0.2) is 0 Å². The van der Waals surface area contributed by atoms with Gasteiger partial charge in [0.1, 0.15) is 0 Å². The molecule has 0 spiro atoms. The molecule has 0 radical (unpaired) electrons. The summed E-state index contributed by atoms with van der Waals surface area (Å²) in [4.78, 5) is 9.33. The van der Waals surface area contributed by atoms with E-state index in [4.69, 9.17) is 4.52 Å². The molecule has 0 amide bonds. The Labute approximate surface area is 122 Å². The number of rotatable bonds is 4. The molecule has 1 saturated heterocycles. The largest absolute Gasteiger partial charge is 0.338 e. The van der Waals surface area contributed by atoms with E-state index >= 15 is 0 Å². The quantitative estimate of drug-likeness (QED) is 0.848. The molecule has 5 heteroatoms. The first kappa shape index (κ1) is 15.4. The number of aryl methyl sites for hydroxylation is 1. The van der Waals surface area contributed by atoms with Crippen LogP contribution in [-0.4, -0.2) is 52.7 Å². The lowest BCUT2D eigenvalue weighted by molar-refractivity contribution is 0.0821. The number of piperazine rings is 1. The lowest BCUT2D eigenvalue weighted by Crippen LogP contribution is -2.47. The first-order chi connectivity index (χ1) is 9.35. The Hall–Kier alpha value is -0.940. The molecule has 1 aromatic heterocycles. The molecule has 1 aliphatic heterocycles. The number of aromatic nitrogens is 2. The van der Waals surface area contributed by atoms with Crippen molar-refractivity contribution in [2.45, 2.75) is 47.1 Å². The Bertz CT molecular complexity index is 416. The third-order valence-corrected chi connectivity index (χ3v) is 4.03. The molecule has 114 valence electrons. The second-order valence-corrected chi connectivity index (χ2v) is 7.04. The van der Waals surface area contributed by atoms with E-state index in [-0.39, 0.29) is 6.04 Å². The highest BCUT2D eigenvalue weighted by molar-refractivity contribution is 4.92. The minimum Gasteiger partial charge on any atom is -0.338 e. The van der Waals surface area contributed by atoms with Crippen molar-refractivity contribution in [2.24, 2.45) is 5.41 Å². The molecule has 1 aromatic rings. The summed E-state index contributed by atoms with van der Waals surface area (Å²) >= 11 is 0. The van der Waals surface area contributed by atoms with Crippen LogP contribution in [0.2, 0.25) is 0 Å². The van der Waals surface area contributed by atoms with Gasteiger partial charge in [-0.05, 0) is 32.2 Å². The molecule has 0 aliphatic carbocycles. The van der Waals surface area contributed by atoms with Crippen LogP contribution in [0, 0.1) is 12.3 Å². The van der Waals surface area contributed by atoms with Gasteiger partial charge in [-0.15, -0.1) is 0 Å². The molecule has 2 rings (SSSR count). The maximum Gasteiger partial charge on any atom is 0.243 e. The van der Waals surface area contributed by atoms with Crippen LogP contribution >= 0.6 is 0 Å². The maximum absolute atomic E-state index is 5.28. The smallest absolute Gasteiger partial charge is 0.243 e. The fraction of sp³-hybridized carbons (Fsp3) is 0.867. The zero-order valence-electron chi connectivity index (χ0n) is 13.5. The molecule has 1 atom stereocenters. The van der Waals surface area contributed by atoms with E-state index in [2.05, 4.69) is 47.6 Å². The summed E-state index contributed by atoms with van der Waals surface area (Å²) in [5.41, 5.74) is 0.422. The van der Waals surface area contributed by atoms with Gasteiger partial charge in [0, 0.05) is 26.2 Å². The molecule has 0 N–H and O–H groups in total. The van der Waals surface area contributed by atoms with E-state index in [9.17, 15) is 0 Å². The zero-order valence-corrected chi connectivity index (χ0v) is 13.5. The van der Waals surface area contributed by atoms with E-state index < -0.39 is 0 Å². The van der Waals surface area contributed by atoms with Crippen molar-refractivity contribution in [1.29, 1.82) is 0 Å². The standard InChI is InChI=1S/C15H28N4O/c1-12(14-16-13(2)17-20-14)19-10-8-18(9-11-19)7-6-15(3,4)5/h12H,6-11H2,1-5H3/t12-/m0/s1. The summed E-state index contributed by atoms with van der Waals surface area (Å²) in [5.74, 6) is 1.46. The summed E-state index contributed by atoms with van der Waals surface area (Å²) < 4.78 is 5.28. The van der Waals surface area contributed by atoms with E-state index in [1.807, 2.05) is 6.92 Å². The van der Waals surface area contributed by atoms with E-state index in [0.717, 1.165) is 37.9 Å². The van der Waals surface area contributed by atoms with Crippen LogP contribution in [0.4, 0.5) is 0 Å². The van der Waals surface area contributed by atoms with Crippen LogP contribution in [-0.2, 0) is 0 Å². The molecule has 0 bridgehead atoms. The third-order valence-electron chi connectivity index (χ3n) is 4.03. The van der Waals surface area contributed by atoms with Gasteiger partial charge in [0.05, 0.1) is 6.04 Å². The van der Waals surface area contributed by atoms with Gasteiger partial charge in [0.2, 0.25) is 5.89 Å². The fourth-order valence-electron chi connectivity index (χ4n) is 2.51. The van der Waals surface area contributed by atoms with Gasteiger partial charge in [0.25, 0.3) is 0 Å². The SMILES string of the molecule is Cc1noc([C@H](C)N2CCN(CCC(C)(C)C)CC2)n1. The molecule has 20 heavy (non-hydrogen) atoms. The van der Waals surface area contributed by atoms with E-state index in [0.29, 0.717) is 5.41 Å². The van der Waals surface area contributed by atoms with Crippen LogP contribution in [0.5, 0.6) is 0 Å². The van der Waals surface area contributed by atoms with Crippen LogP contribution in [0.3, 0.4) is 0 Å². The van der Waals surface area contributed by atoms with Crippen molar-refractivity contribution < 1.29 is 4.52 Å². The molecule has 0 saturated carbocycles. The minimum atomic E-state index is 0.223. The van der Waals surface area contributed by atoms with Crippen LogP contribution in [0.1, 0.15) is 51.9 Å². The molecule has 1 aliphatic rings. The zero-order chi connectivity index (χ0) is 14.8. The lowest BCUT2D eigenvalue weighted by Gasteiger charge is -2.37. The second-order valence-electron chi connectivity index (χ2n) is 7.04. The molecular weight excluding hydrogens is 252 g/mol. The van der Waals surface area contributed by atoms with Crippen LogP contribution in [0.25, 0.3) is 0 Å². The van der Waals surface area contributed by atoms with Crippen LogP contribution in [0.15, 0.2) is 4.52 Å². The van der Waals surface area contributed by atoms with E-state index in [1.165, 1.54) is 13.0 Å². The van der Waals surface area contributed by atoms with Gasteiger partial charge < -0.3 is 9.42 Å². The minimum absolute atomic E-state index is 0.223. The number of hydrogen-bond donors (Lipinski definition) is 0. The topological polar surface area (TPSA) is 45.4 Å². The predicted octanol–water partition coefficient (Wildman–Crippen LogP) is 2.49.